The van der Waals surface area contributed by atoms with Crippen LogP contribution in [0.4, 0.5) is 0 Å². The van der Waals surface area contributed by atoms with Crippen molar-refractivity contribution in [1.82, 2.24) is 4.90 Å². The Bertz CT molecular complexity index is 170. The van der Waals surface area contributed by atoms with E-state index in [1.165, 1.54) is 13.1 Å². The van der Waals surface area contributed by atoms with Gasteiger partial charge in [0.05, 0.1) is 6.10 Å². The van der Waals surface area contributed by atoms with E-state index in [1.807, 2.05) is 6.92 Å². The number of ether oxygens (including phenoxy) is 1. The highest BCUT2D eigenvalue weighted by Crippen LogP contribution is 2.24. The van der Waals surface area contributed by atoms with E-state index in [4.69, 9.17) is 10.5 Å². The van der Waals surface area contributed by atoms with Crippen LogP contribution in [0.25, 0.3) is 0 Å². The van der Waals surface area contributed by atoms with Crippen LogP contribution >= 0.6 is 11.8 Å². The zero-order valence-corrected chi connectivity index (χ0v) is 10.9. The van der Waals surface area contributed by atoms with Gasteiger partial charge in [0.25, 0.3) is 0 Å². The maximum atomic E-state index is 5.69. The molecule has 4 heteroatoms. The van der Waals surface area contributed by atoms with Gasteiger partial charge in [0.15, 0.2) is 0 Å². The molecule has 0 radical (unpaired) electrons. The summed E-state index contributed by atoms with van der Waals surface area (Å²) in [4.78, 5) is 2.49. The minimum Gasteiger partial charge on any atom is -0.376 e. The average molecular weight is 232 g/mol. The molecule has 1 saturated heterocycles. The van der Waals surface area contributed by atoms with Crippen LogP contribution in [0.5, 0.6) is 0 Å². The third-order valence-electron chi connectivity index (χ3n) is 2.62. The summed E-state index contributed by atoms with van der Waals surface area (Å²) < 4.78 is 5.59. The molecule has 1 fully saturated rings. The second-order valence-corrected chi connectivity index (χ2v) is 6.17. The van der Waals surface area contributed by atoms with Gasteiger partial charge in [-0.25, -0.2) is 0 Å². The first-order valence-corrected chi connectivity index (χ1v) is 6.79. The van der Waals surface area contributed by atoms with Crippen LogP contribution < -0.4 is 5.73 Å². The molecule has 0 aromatic carbocycles. The van der Waals surface area contributed by atoms with Crippen LogP contribution in [-0.4, -0.2) is 54.3 Å². The number of nitrogens with zero attached hydrogens (tertiary/aromatic N) is 1. The van der Waals surface area contributed by atoms with Crippen LogP contribution in [0.3, 0.4) is 0 Å². The molecular formula is C11H24N2OS. The molecule has 1 rings (SSSR count). The average Bonchev–Trinajstić information content (AvgIpc) is 2.15. The van der Waals surface area contributed by atoms with Crippen LogP contribution in [-0.2, 0) is 4.74 Å². The van der Waals surface area contributed by atoms with Gasteiger partial charge in [0.1, 0.15) is 0 Å². The van der Waals surface area contributed by atoms with Crippen molar-refractivity contribution < 1.29 is 4.74 Å². The Balaban J connectivity index is 2.35. The van der Waals surface area contributed by atoms with E-state index < -0.39 is 0 Å². The van der Waals surface area contributed by atoms with Gasteiger partial charge in [0, 0.05) is 43.3 Å². The molecule has 0 aromatic heterocycles. The molecule has 3 unspecified atom stereocenters. The van der Waals surface area contributed by atoms with E-state index in [0.29, 0.717) is 6.54 Å². The molecular weight excluding hydrogens is 208 g/mol. The van der Waals surface area contributed by atoms with Gasteiger partial charge in [-0.15, -0.1) is 0 Å². The van der Waals surface area contributed by atoms with Crippen molar-refractivity contribution >= 4 is 11.8 Å². The van der Waals surface area contributed by atoms with E-state index >= 15 is 0 Å². The second kappa shape index (κ2) is 6.74. The molecule has 0 aromatic rings. The van der Waals surface area contributed by atoms with Crippen LogP contribution in [0.1, 0.15) is 20.8 Å². The fourth-order valence-electron chi connectivity index (χ4n) is 2.15. The van der Waals surface area contributed by atoms with Gasteiger partial charge in [-0.05, 0) is 6.92 Å². The minimum absolute atomic E-state index is 0.206. The predicted molar refractivity (Wildman–Crippen MR) is 67.4 cm³/mol. The SMILES string of the molecule is CCOC(CN)CN1CC(C)SC(C)C1. The van der Waals surface area contributed by atoms with Crippen molar-refractivity contribution in [3.8, 4) is 0 Å². The molecule has 3 nitrogen and oxygen atoms in total. The van der Waals surface area contributed by atoms with E-state index in [-0.39, 0.29) is 6.10 Å². The molecule has 1 aliphatic heterocycles. The molecule has 0 amide bonds. The normalized spacial score (nSPS) is 30.4. The highest BCUT2D eigenvalue weighted by atomic mass is 32.2. The fraction of sp³-hybridized carbons (Fsp3) is 1.00. The highest BCUT2D eigenvalue weighted by molar-refractivity contribution is 8.00. The lowest BCUT2D eigenvalue weighted by Crippen LogP contribution is -2.46. The summed E-state index contributed by atoms with van der Waals surface area (Å²) in [5.74, 6) is 0. The number of hydrogen-bond donors (Lipinski definition) is 1. The number of rotatable bonds is 5. The molecule has 2 N–H and O–H groups in total. The summed E-state index contributed by atoms with van der Waals surface area (Å²) in [7, 11) is 0. The van der Waals surface area contributed by atoms with E-state index in [9.17, 15) is 0 Å². The Morgan fingerprint density at radius 2 is 2.00 bits per heavy atom. The Hall–Kier alpha value is 0.230. The summed E-state index contributed by atoms with van der Waals surface area (Å²) >= 11 is 2.08. The quantitative estimate of drug-likeness (QED) is 0.772. The van der Waals surface area contributed by atoms with E-state index in [2.05, 4.69) is 30.5 Å². The third kappa shape index (κ3) is 4.72. The molecule has 15 heavy (non-hydrogen) atoms. The maximum Gasteiger partial charge on any atom is 0.0823 e. The van der Waals surface area contributed by atoms with E-state index in [0.717, 1.165) is 23.7 Å². The minimum atomic E-state index is 0.206. The van der Waals surface area contributed by atoms with Gasteiger partial charge in [0.2, 0.25) is 0 Å². The van der Waals surface area contributed by atoms with Crippen molar-refractivity contribution in [2.75, 3.05) is 32.8 Å². The van der Waals surface area contributed by atoms with Crippen LogP contribution in [0.15, 0.2) is 0 Å². The lowest BCUT2D eigenvalue weighted by atomic mass is 10.2. The Labute approximate surface area is 97.7 Å². The second-order valence-electron chi connectivity index (χ2n) is 4.29. The van der Waals surface area contributed by atoms with Gasteiger partial charge in [-0.3, -0.25) is 4.90 Å². The molecule has 90 valence electrons. The third-order valence-corrected chi connectivity index (χ3v) is 3.85. The molecule has 0 saturated carbocycles. The lowest BCUT2D eigenvalue weighted by molar-refractivity contribution is 0.0389. The van der Waals surface area contributed by atoms with Gasteiger partial charge < -0.3 is 10.5 Å². The summed E-state index contributed by atoms with van der Waals surface area (Å²) in [6, 6.07) is 0. The van der Waals surface area contributed by atoms with E-state index in [1.54, 1.807) is 0 Å². The highest BCUT2D eigenvalue weighted by Gasteiger charge is 2.23. The smallest absolute Gasteiger partial charge is 0.0823 e. The van der Waals surface area contributed by atoms with Crippen LogP contribution in [0.2, 0.25) is 0 Å². The molecule has 0 aliphatic carbocycles. The summed E-state index contributed by atoms with van der Waals surface area (Å²) in [6.45, 7) is 11.3. The molecule has 3 atom stereocenters. The standard InChI is InChI=1S/C11H24N2OS/c1-4-14-11(5-12)8-13-6-9(2)15-10(3)7-13/h9-11H,4-8,12H2,1-3H3. The molecule has 0 bridgehead atoms. The molecule has 0 spiro atoms. The predicted octanol–water partition coefficient (Wildman–Crippen LogP) is 1.18. The number of hydrogen-bond acceptors (Lipinski definition) is 4. The first-order chi connectivity index (χ1) is 7.15. The van der Waals surface area contributed by atoms with Crippen molar-refractivity contribution in [3.63, 3.8) is 0 Å². The fourth-order valence-corrected chi connectivity index (χ4v) is 3.54. The largest absolute Gasteiger partial charge is 0.376 e. The van der Waals surface area contributed by atoms with Gasteiger partial charge in [-0.1, -0.05) is 13.8 Å². The maximum absolute atomic E-state index is 5.69. The first kappa shape index (κ1) is 13.3. The van der Waals surface area contributed by atoms with Crippen molar-refractivity contribution in [1.29, 1.82) is 0 Å². The van der Waals surface area contributed by atoms with Gasteiger partial charge in [-0.2, -0.15) is 11.8 Å². The van der Waals surface area contributed by atoms with Crippen LogP contribution in [0, 0.1) is 0 Å². The van der Waals surface area contributed by atoms with Gasteiger partial charge >= 0.3 is 0 Å². The van der Waals surface area contributed by atoms with Crippen molar-refractivity contribution in [2.24, 2.45) is 5.73 Å². The first-order valence-electron chi connectivity index (χ1n) is 5.85. The Morgan fingerprint density at radius 1 is 1.40 bits per heavy atom. The van der Waals surface area contributed by atoms with Crippen molar-refractivity contribution in [2.45, 2.75) is 37.4 Å². The summed E-state index contributed by atoms with van der Waals surface area (Å²) in [6.07, 6.45) is 0.206. The Morgan fingerprint density at radius 3 is 2.47 bits per heavy atom. The monoisotopic (exact) mass is 232 g/mol. The molecule has 1 aliphatic rings. The lowest BCUT2D eigenvalue weighted by Gasteiger charge is -2.36. The molecule has 1 heterocycles. The summed E-state index contributed by atoms with van der Waals surface area (Å²) in [5, 5.41) is 1.46. The number of nitrogens with two attached hydrogens (primary N) is 1. The number of thioether (sulfide) groups is 1. The Kier molecular flexibility index (Phi) is 5.97. The topological polar surface area (TPSA) is 38.5 Å². The summed E-state index contributed by atoms with van der Waals surface area (Å²) in [5.41, 5.74) is 5.69. The zero-order chi connectivity index (χ0) is 11.3. The zero-order valence-electron chi connectivity index (χ0n) is 10.1. The van der Waals surface area contributed by atoms with Crippen molar-refractivity contribution in [3.05, 3.63) is 0 Å².